The molecule has 0 fully saturated rings. The Hall–Kier alpha value is -2.06. The normalized spacial score (nSPS) is 8.29. The molecule has 1 heterocycles. The Morgan fingerprint density at radius 3 is 2.29 bits per heavy atom. The first kappa shape index (κ1) is 14.9. The second kappa shape index (κ2) is 10.5. The predicted molar refractivity (Wildman–Crippen MR) is 60.9 cm³/mol. The van der Waals surface area contributed by atoms with Crippen molar-refractivity contribution < 1.29 is 14.8 Å². The van der Waals surface area contributed by atoms with E-state index in [1.165, 1.54) is 12.2 Å². The smallest absolute Gasteiger partial charge is 0.171 e. The average molecular weight is 234 g/mol. The maximum Gasteiger partial charge on any atom is 0.171 e. The Morgan fingerprint density at radius 2 is 1.94 bits per heavy atom. The molecule has 0 unspecified atom stereocenters. The molecule has 0 radical (unpaired) electrons. The van der Waals surface area contributed by atoms with Gasteiger partial charge in [-0.3, -0.25) is 0 Å². The molecule has 0 aliphatic heterocycles. The number of rotatable bonds is 4. The number of nitriles is 1. The van der Waals surface area contributed by atoms with Crippen molar-refractivity contribution in [1.82, 2.24) is 0 Å². The summed E-state index contributed by atoms with van der Waals surface area (Å²) < 4.78 is 1.90. The lowest BCUT2D eigenvalue weighted by Gasteiger charge is -1.96. The second-order valence-electron chi connectivity index (χ2n) is 2.95. The van der Waals surface area contributed by atoms with Gasteiger partial charge in [-0.15, -0.1) is 6.01 Å². The van der Waals surface area contributed by atoms with Crippen molar-refractivity contribution in [3.8, 4) is 6.19 Å². The van der Waals surface area contributed by atoms with Gasteiger partial charge >= 0.3 is 0 Å². The van der Waals surface area contributed by atoms with Gasteiger partial charge in [0, 0.05) is 18.7 Å². The lowest BCUT2D eigenvalue weighted by atomic mass is 10.2. The van der Waals surface area contributed by atoms with E-state index in [2.05, 4.69) is 4.99 Å². The summed E-state index contributed by atoms with van der Waals surface area (Å²) in [5, 5.41) is 32.1. The van der Waals surface area contributed by atoms with Crippen LogP contribution in [0.15, 0.2) is 29.5 Å². The fraction of sp³-hybridized carbons (Fsp3) is 0.364. The van der Waals surface area contributed by atoms with Crippen LogP contribution in [-0.2, 0) is 13.0 Å². The predicted octanol–water partition coefficient (Wildman–Crippen LogP) is -0.288. The van der Waals surface area contributed by atoms with Crippen molar-refractivity contribution in [2.45, 2.75) is 13.0 Å². The van der Waals surface area contributed by atoms with E-state index < -0.39 is 0 Å². The van der Waals surface area contributed by atoms with Crippen LogP contribution in [-0.4, -0.2) is 29.4 Å². The van der Waals surface area contributed by atoms with Crippen LogP contribution in [0.4, 0.5) is 0 Å². The average Bonchev–Trinajstić information content (AvgIpc) is 2.34. The molecule has 0 bridgehead atoms. The highest BCUT2D eigenvalue weighted by atomic mass is 16.3. The van der Waals surface area contributed by atoms with E-state index >= 15 is 0 Å². The number of nitrogens with zero attached hydrogens (tertiary/aromatic N) is 4. The van der Waals surface area contributed by atoms with Gasteiger partial charge in [0.25, 0.3) is 0 Å². The molecule has 2 N–H and O–H groups in total. The fourth-order valence-corrected chi connectivity index (χ4v) is 1.07. The number of aliphatic hydroxyl groups excluding tert-OH is 2. The zero-order valence-corrected chi connectivity index (χ0v) is 9.32. The highest BCUT2D eigenvalue weighted by Crippen LogP contribution is 1.94. The third-order valence-corrected chi connectivity index (χ3v) is 1.82. The van der Waals surface area contributed by atoms with Crippen molar-refractivity contribution in [3.63, 3.8) is 0 Å². The summed E-state index contributed by atoms with van der Waals surface area (Å²) in [4.78, 5) is 2.58. The quantitative estimate of drug-likeness (QED) is 0.425. The summed E-state index contributed by atoms with van der Waals surface area (Å²) in [6.45, 7) is 0.966. The highest BCUT2D eigenvalue weighted by Gasteiger charge is 1.98. The first-order valence-corrected chi connectivity index (χ1v) is 4.96. The van der Waals surface area contributed by atoms with Gasteiger partial charge in [-0.1, -0.05) is 0 Å². The van der Waals surface area contributed by atoms with Crippen LogP contribution in [0.2, 0.25) is 0 Å². The summed E-state index contributed by atoms with van der Waals surface area (Å²) in [5.74, 6) is 0. The molecule has 1 aromatic heterocycles. The molecule has 17 heavy (non-hydrogen) atoms. The number of pyridine rings is 1. The largest absolute Gasteiger partial charge is 0.422 e. The van der Waals surface area contributed by atoms with E-state index in [1.54, 1.807) is 0 Å². The Labute approximate surface area is 99.6 Å². The number of hydrogen-bond acceptors (Lipinski definition) is 4. The van der Waals surface area contributed by atoms with Gasteiger partial charge in [0.1, 0.15) is 6.61 Å². The summed E-state index contributed by atoms with van der Waals surface area (Å²) in [6, 6.07) is 5.18. The van der Waals surface area contributed by atoms with Crippen molar-refractivity contribution in [3.05, 3.63) is 35.5 Å². The van der Waals surface area contributed by atoms with Crippen LogP contribution in [0.5, 0.6) is 0 Å². The molecular weight excluding hydrogens is 220 g/mol. The van der Waals surface area contributed by atoms with Crippen LogP contribution in [0.25, 0.3) is 5.41 Å². The minimum Gasteiger partial charge on any atom is -0.422 e. The summed E-state index contributed by atoms with van der Waals surface area (Å²) >= 11 is 0. The minimum atomic E-state index is 0.157. The van der Waals surface area contributed by atoms with Gasteiger partial charge in [-0.2, -0.15) is 5.26 Å². The topological polar surface area (TPSA) is 103 Å². The van der Waals surface area contributed by atoms with Gasteiger partial charge in [0.2, 0.25) is 0 Å². The van der Waals surface area contributed by atoms with Gasteiger partial charge in [-0.25, -0.2) is 4.57 Å². The fourth-order valence-electron chi connectivity index (χ4n) is 1.07. The van der Waals surface area contributed by atoms with Gasteiger partial charge in [0.05, 0.1) is 6.19 Å². The number of aliphatic hydroxyl groups is 2. The number of hydrogen-bond donors (Lipinski definition) is 2. The summed E-state index contributed by atoms with van der Waals surface area (Å²) in [5.41, 5.74) is 1.12. The molecule has 0 aliphatic carbocycles. The summed E-state index contributed by atoms with van der Waals surface area (Å²) in [6.07, 6.45) is 5.78. The summed E-state index contributed by atoms with van der Waals surface area (Å²) in [7, 11) is 0. The molecular formula is C11H14N4O2. The maximum atomic E-state index is 8.65. The van der Waals surface area contributed by atoms with E-state index in [-0.39, 0.29) is 13.2 Å². The molecule has 1 rings (SSSR count). The second-order valence-corrected chi connectivity index (χ2v) is 2.95. The van der Waals surface area contributed by atoms with Gasteiger partial charge in [0.15, 0.2) is 18.9 Å². The molecule has 0 amide bonds. The van der Waals surface area contributed by atoms with Gasteiger partial charge < -0.3 is 20.6 Å². The third kappa shape index (κ3) is 7.82. The SMILES string of the molecule is N#CN=C=[N-].OCCc1cc[n+](CCO)cc1. The third-order valence-electron chi connectivity index (χ3n) is 1.82. The molecule has 90 valence electrons. The Balaban J connectivity index is 0.000000437. The van der Waals surface area contributed by atoms with E-state index in [9.17, 15) is 0 Å². The Morgan fingerprint density at radius 1 is 1.29 bits per heavy atom. The van der Waals surface area contributed by atoms with E-state index in [0.717, 1.165) is 5.56 Å². The van der Waals surface area contributed by atoms with Crippen molar-refractivity contribution in [1.29, 1.82) is 5.26 Å². The molecule has 0 saturated carbocycles. The molecule has 6 nitrogen and oxygen atoms in total. The molecule has 1 aromatic rings. The van der Waals surface area contributed by atoms with E-state index in [1.807, 2.05) is 29.1 Å². The van der Waals surface area contributed by atoms with Gasteiger partial charge in [-0.05, 0) is 12.0 Å². The van der Waals surface area contributed by atoms with Crippen LogP contribution in [0, 0.1) is 11.5 Å². The first-order valence-electron chi connectivity index (χ1n) is 4.96. The van der Waals surface area contributed by atoms with Crippen LogP contribution < -0.4 is 4.57 Å². The zero-order chi connectivity index (χ0) is 12.9. The highest BCUT2D eigenvalue weighted by molar-refractivity contribution is 5.46. The number of aromatic nitrogens is 1. The molecule has 0 aliphatic rings. The van der Waals surface area contributed by atoms with E-state index in [4.69, 9.17) is 20.9 Å². The van der Waals surface area contributed by atoms with Crippen LogP contribution in [0.1, 0.15) is 5.56 Å². The molecule has 0 atom stereocenters. The number of aliphatic imine (C=N–C) groups is 1. The monoisotopic (exact) mass is 234 g/mol. The Kier molecular flexibility index (Phi) is 9.19. The molecule has 6 heteroatoms. The molecule has 0 saturated heterocycles. The maximum absolute atomic E-state index is 8.65. The zero-order valence-electron chi connectivity index (χ0n) is 9.32. The van der Waals surface area contributed by atoms with E-state index in [0.29, 0.717) is 13.0 Å². The lowest BCUT2D eigenvalue weighted by Crippen LogP contribution is -2.34. The lowest BCUT2D eigenvalue weighted by molar-refractivity contribution is -0.698. The van der Waals surface area contributed by atoms with Crippen LogP contribution >= 0.6 is 0 Å². The van der Waals surface area contributed by atoms with Crippen molar-refractivity contribution in [2.75, 3.05) is 13.2 Å². The van der Waals surface area contributed by atoms with Crippen molar-refractivity contribution >= 4 is 6.01 Å². The minimum absolute atomic E-state index is 0.157. The Bertz CT molecular complexity index is 366. The first-order chi connectivity index (χ1) is 8.28. The molecule has 0 aromatic carbocycles. The molecule has 0 spiro atoms. The standard InChI is InChI=1S/C9H14NO2.C2N3/c11-7-3-9-1-4-10(5-2-9)6-8-12;3-1-5-2-4/h1-2,4-5,11-12H,3,6-8H2;/q+1;-1. The van der Waals surface area contributed by atoms with Crippen LogP contribution in [0.3, 0.4) is 0 Å². The van der Waals surface area contributed by atoms with Crippen molar-refractivity contribution in [2.24, 2.45) is 4.99 Å².